The first-order valence-electron chi connectivity index (χ1n) is 33.6. The number of hydrogen-bond donors (Lipinski definition) is 4. The van der Waals surface area contributed by atoms with Gasteiger partial charge < -0.3 is 73.3 Å². The van der Waals surface area contributed by atoms with E-state index in [9.17, 15) is 43.5 Å². The Kier molecular flexibility index (Phi) is 27.5. The number of Topliss-reactive ketones (excluding diaryl/α,β-unsaturated/α-hetero) is 1. The highest BCUT2D eigenvalue weighted by Crippen LogP contribution is 2.49. The number of fused-ring (bicyclic) bond motifs is 6. The second-order valence-electron chi connectivity index (χ2n) is 26.7. The van der Waals surface area contributed by atoms with Crippen LogP contribution >= 0.6 is 23.4 Å². The number of nitrogens with two attached hydrogens (primary N) is 1. The molecule has 6 amide bonds. The van der Waals surface area contributed by atoms with Gasteiger partial charge in [0.15, 0.2) is 11.5 Å². The molecule has 5 N–H and O–H groups in total. The fraction of sp³-hybridized carbons (Fsp3) is 0.614. The maximum Gasteiger partial charge on any atom is 0.409 e. The minimum absolute atomic E-state index is 0.0152. The van der Waals surface area contributed by atoms with Crippen LogP contribution in [0.4, 0.5) is 16.2 Å². The molecular formula is C70H97ClN8O19S. The van der Waals surface area contributed by atoms with Gasteiger partial charge in [0.25, 0.3) is 5.91 Å². The number of hydrogen-bond acceptors (Lipinski definition) is 22. The Morgan fingerprint density at radius 2 is 1.57 bits per heavy atom. The number of esters is 1. The predicted octanol–water partition coefficient (Wildman–Crippen LogP) is 6.49. The number of rotatable bonds is 32. The summed E-state index contributed by atoms with van der Waals surface area (Å²) in [6.45, 7) is 17.2. The summed E-state index contributed by atoms with van der Waals surface area (Å²) in [6, 6.07) is 7.69. The van der Waals surface area contributed by atoms with Crippen LogP contribution in [0.3, 0.4) is 0 Å². The first kappa shape index (κ1) is 77.7. The molecule has 1 aliphatic carbocycles. The lowest BCUT2D eigenvalue weighted by Crippen LogP contribution is -2.63. The second kappa shape index (κ2) is 35.1. The van der Waals surface area contributed by atoms with Crippen molar-refractivity contribution < 1.29 is 90.8 Å². The fourth-order valence-electron chi connectivity index (χ4n) is 12.8. The average molecular weight is 1420 g/mol. The Balaban J connectivity index is 0.689. The van der Waals surface area contributed by atoms with Crippen LogP contribution in [0.25, 0.3) is 5.69 Å². The van der Waals surface area contributed by atoms with Crippen molar-refractivity contribution in [2.75, 3.05) is 123 Å². The van der Waals surface area contributed by atoms with E-state index < -0.39 is 89.2 Å². The third-order valence-corrected chi connectivity index (χ3v) is 20.1. The number of nitrogens with one attached hydrogen (secondary N) is 2. The average Bonchev–Trinajstić information content (AvgIpc) is 1.58. The molecule has 29 heteroatoms. The first-order chi connectivity index (χ1) is 47.1. The molecule has 3 saturated heterocycles. The number of ether oxygens (including phenoxy) is 10. The van der Waals surface area contributed by atoms with Crippen molar-refractivity contribution in [3.05, 3.63) is 87.2 Å². The zero-order chi connectivity index (χ0) is 71.9. The van der Waals surface area contributed by atoms with Gasteiger partial charge in [-0.05, 0) is 94.7 Å². The summed E-state index contributed by atoms with van der Waals surface area (Å²) in [5.41, 5.74) is 8.20. The van der Waals surface area contributed by atoms with Gasteiger partial charge in [-0.2, -0.15) is 5.10 Å². The molecule has 4 aliphatic heterocycles. The zero-order valence-electron chi connectivity index (χ0n) is 58.6. The van der Waals surface area contributed by atoms with Gasteiger partial charge in [0.05, 0.1) is 112 Å². The maximum absolute atomic E-state index is 14.4. The molecule has 27 nitrogen and oxygen atoms in total. The van der Waals surface area contributed by atoms with Gasteiger partial charge in [-0.25, -0.2) is 14.3 Å². The number of aliphatic hydroxyl groups is 1. The largest absolute Gasteiger partial charge is 0.495 e. The van der Waals surface area contributed by atoms with E-state index in [2.05, 4.69) is 24.5 Å². The molecule has 2 aromatic carbocycles. The van der Waals surface area contributed by atoms with Gasteiger partial charge >= 0.3 is 12.1 Å². The van der Waals surface area contributed by atoms with Gasteiger partial charge in [-0.15, -0.1) is 11.8 Å². The molecule has 99 heavy (non-hydrogen) atoms. The molecule has 5 aliphatic rings. The third kappa shape index (κ3) is 20.0. The number of primary amides is 1. The van der Waals surface area contributed by atoms with E-state index in [1.807, 2.05) is 26.0 Å². The highest BCUT2D eigenvalue weighted by atomic mass is 35.5. The molecule has 1 aromatic heterocycles. The number of allylic oxidation sites excluding steroid dienone is 3. The Hall–Kier alpha value is -6.99. The zero-order valence-corrected chi connectivity index (χ0v) is 60.2. The molecular weight excluding hydrogens is 1320 g/mol. The molecule has 9 atom stereocenters. The van der Waals surface area contributed by atoms with E-state index in [4.69, 9.17) is 69.8 Å². The Bertz CT molecular complexity index is 3480. The summed E-state index contributed by atoms with van der Waals surface area (Å²) in [7, 11) is 5.88. The molecule has 0 spiro atoms. The van der Waals surface area contributed by atoms with Crippen molar-refractivity contribution in [2.45, 2.75) is 153 Å². The Morgan fingerprint density at radius 3 is 2.21 bits per heavy atom. The second-order valence-corrected chi connectivity index (χ2v) is 28.3. The number of thioether (sulfide) groups is 1. The van der Waals surface area contributed by atoms with E-state index in [0.29, 0.717) is 139 Å². The number of aryl methyl sites for hydroxylation is 1. The number of amides is 6. The molecule has 3 aromatic rings. The number of carbonyl (C=O) groups is 8. The molecule has 0 saturated carbocycles. The van der Waals surface area contributed by atoms with Crippen LogP contribution in [-0.2, 0) is 79.4 Å². The van der Waals surface area contributed by atoms with Crippen molar-refractivity contribution in [3.8, 4) is 11.4 Å². The molecule has 2 unspecified atom stereocenters. The number of methoxy groups -OCH3 is 2. The molecule has 0 radical (unpaired) electrons. The summed E-state index contributed by atoms with van der Waals surface area (Å²) in [5, 5.41) is 21.9. The SMILES string of the molecule is COc1cc2cc(c1Cl)N(C)C(=O)C[C@H](OC(=O)[C@H](C)N(C)C(=O)CCSC1CC(=O)N(CCCOCCOCCOCCOCCOCCCNc3cc(-n4nc(C)c5c4CC(C)(C)CC5=O)ccc3C(N)=O)C1=O)C1(C)O[C@H]1[C@H](C)[C@@H]1C[C@@](O)(NC(=O)O1)[C@H](OC)/C=C/C=C(\C)C2. The summed E-state index contributed by atoms with van der Waals surface area (Å²) in [4.78, 5) is 111. The van der Waals surface area contributed by atoms with Crippen LogP contribution < -0.4 is 26.0 Å². The number of anilines is 2. The van der Waals surface area contributed by atoms with Crippen LogP contribution in [0.5, 0.6) is 5.75 Å². The van der Waals surface area contributed by atoms with Crippen LogP contribution in [-0.4, -0.2) is 232 Å². The monoisotopic (exact) mass is 1420 g/mol. The number of ketones is 1. The third-order valence-electron chi connectivity index (χ3n) is 18.5. The smallest absolute Gasteiger partial charge is 0.409 e. The van der Waals surface area contributed by atoms with Crippen molar-refractivity contribution in [1.82, 2.24) is 24.9 Å². The maximum atomic E-state index is 14.4. The first-order valence-corrected chi connectivity index (χ1v) is 35.0. The van der Waals surface area contributed by atoms with Gasteiger partial charge in [-0.3, -0.25) is 39.0 Å². The number of carbonyl (C=O) groups excluding carboxylic acids is 8. The molecule has 5 heterocycles. The Labute approximate surface area is 587 Å². The predicted molar refractivity (Wildman–Crippen MR) is 368 cm³/mol. The Morgan fingerprint density at radius 1 is 0.909 bits per heavy atom. The van der Waals surface area contributed by atoms with E-state index in [1.54, 1.807) is 62.0 Å². The molecule has 3 fully saturated rings. The van der Waals surface area contributed by atoms with Crippen molar-refractivity contribution >= 4 is 82.1 Å². The van der Waals surface area contributed by atoms with Crippen molar-refractivity contribution in [3.63, 3.8) is 0 Å². The van der Waals surface area contributed by atoms with E-state index in [1.165, 1.54) is 54.7 Å². The minimum Gasteiger partial charge on any atom is -0.495 e. The highest BCUT2D eigenvalue weighted by Gasteiger charge is 2.64. The lowest BCUT2D eigenvalue weighted by atomic mass is 9.75. The lowest BCUT2D eigenvalue weighted by Gasteiger charge is -2.42. The minimum atomic E-state index is -1.89. The summed E-state index contributed by atoms with van der Waals surface area (Å²) >= 11 is 8.03. The van der Waals surface area contributed by atoms with E-state index >= 15 is 0 Å². The van der Waals surface area contributed by atoms with Crippen LogP contribution in [0.1, 0.15) is 124 Å². The van der Waals surface area contributed by atoms with E-state index in [0.717, 1.165) is 22.5 Å². The number of imide groups is 1. The lowest BCUT2D eigenvalue weighted by molar-refractivity contribution is -0.162. The molecule has 4 bridgehead atoms. The summed E-state index contributed by atoms with van der Waals surface area (Å²) in [6.07, 6.45) is 2.49. The topological polar surface area (TPSA) is 330 Å². The van der Waals surface area contributed by atoms with Crippen LogP contribution in [0.2, 0.25) is 5.02 Å². The van der Waals surface area contributed by atoms with Crippen molar-refractivity contribution in [1.29, 1.82) is 0 Å². The normalized spacial score (nSPS) is 25.0. The highest BCUT2D eigenvalue weighted by molar-refractivity contribution is 8.00. The standard InChI is InChI=1S/C70H97ClN8O19S/c1-42-15-12-16-56(90-11)70(88)41-54(96-67(87)74-70)43(2)63-69(7,98-63)57(38-59(82)77(9)50-34-46(33-42)35-53(89-10)62(50)71)97-66(86)45(4)76(8)58(81)19-32-99-55-37-60(83)78(65(55)85)21-14-23-92-25-27-94-29-31-95-30-28-93-26-24-91-22-13-20-73-49-36-47(17-18-48(49)64(72)84)79-51-39-68(5,6)40-52(80)61(51)44(3)75-79/h12,15-18,34-36,43,45,54-57,63,73,88H,13-14,19-33,37-41H2,1-11H3,(H2,72,84)(H,74,87)/b16-12+,42-15+/t43-,45+,54+,55?,56-,57+,63+,69?,70+/m1/s1. The van der Waals surface area contributed by atoms with Gasteiger partial charge in [0, 0.05) is 90.5 Å². The molecule has 544 valence electrons. The molecule has 8 rings (SSSR count). The van der Waals surface area contributed by atoms with E-state index in [-0.39, 0.29) is 59.6 Å². The number of likely N-dealkylation sites (tertiary alicyclic amines) is 1. The van der Waals surface area contributed by atoms with Crippen LogP contribution in [0.15, 0.2) is 54.1 Å². The number of epoxide rings is 1. The summed E-state index contributed by atoms with van der Waals surface area (Å²) in [5.74, 6) is -2.97. The van der Waals surface area contributed by atoms with Gasteiger partial charge in [0.1, 0.15) is 40.7 Å². The number of halogens is 1. The number of nitrogens with zero attached hydrogens (tertiary/aromatic N) is 5. The summed E-state index contributed by atoms with van der Waals surface area (Å²) < 4.78 is 59.6. The number of alkyl carbamates (subject to hydrolysis) is 1. The number of aromatic nitrogens is 2. The van der Waals surface area contributed by atoms with Crippen LogP contribution in [0, 0.1) is 18.3 Å². The fourth-order valence-corrected chi connectivity index (χ4v) is 14.2. The van der Waals surface area contributed by atoms with Gasteiger partial charge in [0.2, 0.25) is 23.6 Å². The number of benzene rings is 2. The van der Waals surface area contributed by atoms with Gasteiger partial charge in [-0.1, -0.05) is 56.2 Å². The quantitative estimate of drug-likeness (QED) is 0.0225. The van der Waals surface area contributed by atoms with Crippen molar-refractivity contribution in [2.24, 2.45) is 17.1 Å². The number of likely N-dealkylation sites (N-methyl/N-ethyl adjacent to an activating group) is 1.